The van der Waals surface area contributed by atoms with Crippen LogP contribution in [0, 0.1) is 5.41 Å². The molecule has 2 spiro atoms. The summed E-state index contributed by atoms with van der Waals surface area (Å²) in [5.41, 5.74) is 4.83. The number of nitrogens with zero attached hydrogens (tertiary/aromatic N) is 1. The van der Waals surface area contributed by atoms with Crippen molar-refractivity contribution in [3.8, 4) is 0 Å². The van der Waals surface area contributed by atoms with E-state index in [0.29, 0.717) is 11.0 Å². The van der Waals surface area contributed by atoms with Gasteiger partial charge < -0.3 is 9.62 Å². The van der Waals surface area contributed by atoms with Crippen LogP contribution in [0.2, 0.25) is 0 Å². The minimum absolute atomic E-state index is 0.0423. The molecule has 0 aromatic heterocycles. The van der Waals surface area contributed by atoms with E-state index in [0.717, 1.165) is 61.3 Å². The second kappa shape index (κ2) is 8.70. The molecule has 180 valence electrons. The molecule has 3 saturated carbocycles. The van der Waals surface area contributed by atoms with Gasteiger partial charge in [-0.25, -0.2) is 0 Å². The lowest BCUT2D eigenvalue weighted by atomic mass is 9.66. The Balaban J connectivity index is 1.31. The summed E-state index contributed by atoms with van der Waals surface area (Å²) in [6.45, 7) is 0.760. The van der Waals surface area contributed by atoms with Crippen molar-refractivity contribution in [2.75, 3.05) is 22.4 Å². The largest absolute Gasteiger partial charge is 0.330 e. The van der Waals surface area contributed by atoms with E-state index in [1.54, 1.807) is 11.9 Å². The van der Waals surface area contributed by atoms with Crippen LogP contribution in [-0.2, 0) is 16.2 Å². The Morgan fingerprint density at radius 1 is 1.03 bits per heavy atom. The van der Waals surface area contributed by atoms with E-state index in [4.69, 9.17) is 0 Å². The number of carbonyl (C=O) groups excluding carboxylic acids is 1. The maximum Gasteiger partial charge on any atom is 0.258 e. The van der Waals surface area contributed by atoms with E-state index in [1.807, 2.05) is 35.4 Å². The highest BCUT2D eigenvalue weighted by Gasteiger charge is 2.53. The van der Waals surface area contributed by atoms with Gasteiger partial charge in [0, 0.05) is 45.3 Å². The van der Waals surface area contributed by atoms with Crippen LogP contribution in [0.4, 0.5) is 11.4 Å². The second-order valence-electron chi connectivity index (χ2n) is 10.9. The summed E-state index contributed by atoms with van der Waals surface area (Å²) in [7, 11) is -1.03. The zero-order valence-electron chi connectivity index (χ0n) is 20.0. The van der Waals surface area contributed by atoms with Crippen LogP contribution >= 0.6 is 11.9 Å². The fraction of sp³-hybridized carbons (Fsp3) is 0.536. The van der Waals surface area contributed by atoms with E-state index in [1.165, 1.54) is 31.2 Å². The van der Waals surface area contributed by atoms with Crippen molar-refractivity contribution >= 4 is 40.0 Å². The first-order valence-electron chi connectivity index (χ1n) is 12.8. The van der Waals surface area contributed by atoms with Gasteiger partial charge in [-0.1, -0.05) is 30.9 Å². The summed E-state index contributed by atoms with van der Waals surface area (Å²) in [4.78, 5) is 16.7. The van der Waals surface area contributed by atoms with Crippen LogP contribution in [0.1, 0.15) is 80.1 Å². The fourth-order valence-electron chi connectivity index (χ4n) is 6.60. The zero-order chi connectivity index (χ0) is 23.3. The molecule has 1 amide bonds. The molecule has 1 heterocycles. The predicted molar refractivity (Wildman–Crippen MR) is 142 cm³/mol. The van der Waals surface area contributed by atoms with Gasteiger partial charge in [-0.15, -0.1) is 0 Å². The summed E-state index contributed by atoms with van der Waals surface area (Å²) in [5.74, 6) is 0.0423. The Labute approximate surface area is 209 Å². The number of hydrogen-bond donors (Lipinski definition) is 1. The highest BCUT2D eigenvalue weighted by atomic mass is 32.2. The third kappa shape index (κ3) is 3.91. The number of carbonyl (C=O) groups is 1. The maximum absolute atomic E-state index is 13.9. The molecule has 4 nitrogen and oxygen atoms in total. The van der Waals surface area contributed by atoms with E-state index < -0.39 is 10.8 Å². The number of fused-ring (bicyclic) bond motifs is 2. The molecule has 0 radical (unpaired) electrons. The molecular weight excluding hydrogens is 460 g/mol. The Hall–Kier alpha value is -1.79. The first-order valence-corrected chi connectivity index (χ1v) is 15.2. The summed E-state index contributed by atoms with van der Waals surface area (Å²) in [6.07, 6.45) is 14.1. The lowest BCUT2D eigenvalue weighted by Gasteiger charge is -2.38. The second-order valence-corrected chi connectivity index (χ2v) is 13.3. The molecule has 0 bridgehead atoms. The van der Waals surface area contributed by atoms with Crippen molar-refractivity contribution < 1.29 is 9.00 Å². The minimum atomic E-state index is -1.03. The Kier molecular flexibility index (Phi) is 5.80. The maximum atomic E-state index is 13.9. The van der Waals surface area contributed by atoms with Gasteiger partial charge in [-0.3, -0.25) is 9.00 Å². The molecular formula is C28H34N2O2S2. The Morgan fingerprint density at radius 2 is 1.76 bits per heavy atom. The topological polar surface area (TPSA) is 49.4 Å². The molecule has 2 aromatic carbocycles. The van der Waals surface area contributed by atoms with E-state index in [9.17, 15) is 9.00 Å². The predicted octanol–water partition coefficient (Wildman–Crippen LogP) is 6.68. The summed E-state index contributed by atoms with van der Waals surface area (Å²) in [5, 5.41) is 0.237. The average Bonchev–Trinajstić information content (AvgIpc) is 3.28. The normalized spacial score (nSPS) is 23.3. The Morgan fingerprint density at radius 3 is 2.47 bits per heavy atom. The van der Waals surface area contributed by atoms with Gasteiger partial charge in [0.1, 0.15) is 0 Å². The first kappa shape index (κ1) is 22.7. The molecule has 2 aromatic rings. The molecule has 0 saturated heterocycles. The summed E-state index contributed by atoms with van der Waals surface area (Å²) in [6, 6.07) is 14.1. The van der Waals surface area contributed by atoms with Gasteiger partial charge in [0.25, 0.3) is 5.91 Å². The van der Waals surface area contributed by atoms with Crippen LogP contribution in [0.15, 0.2) is 47.4 Å². The van der Waals surface area contributed by atoms with Crippen LogP contribution in [0.25, 0.3) is 0 Å². The van der Waals surface area contributed by atoms with Crippen molar-refractivity contribution in [3.63, 3.8) is 0 Å². The highest BCUT2D eigenvalue weighted by Crippen LogP contribution is 2.62. The number of benzene rings is 2. The van der Waals surface area contributed by atoms with Crippen molar-refractivity contribution in [3.05, 3.63) is 53.6 Å². The van der Waals surface area contributed by atoms with E-state index in [2.05, 4.69) is 22.9 Å². The number of nitrogens with one attached hydrogen (secondary N) is 1. The first-order chi connectivity index (χ1) is 16.5. The molecule has 34 heavy (non-hydrogen) atoms. The van der Waals surface area contributed by atoms with Crippen LogP contribution < -0.4 is 9.62 Å². The van der Waals surface area contributed by atoms with E-state index >= 15 is 0 Å². The molecule has 4 aliphatic rings. The fourth-order valence-corrected chi connectivity index (χ4v) is 8.56. The summed E-state index contributed by atoms with van der Waals surface area (Å²) >= 11 is 1.60. The van der Waals surface area contributed by atoms with Crippen molar-refractivity contribution in [2.24, 2.45) is 5.41 Å². The van der Waals surface area contributed by atoms with Gasteiger partial charge >= 0.3 is 0 Å². The molecule has 3 aliphatic carbocycles. The molecule has 3 fully saturated rings. The molecule has 1 unspecified atom stereocenters. The number of rotatable bonds is 5. The lowest BCUT2D eigenvalue weighted by molar-refractivity contribution is 0.0980. The highest BCUT2D eigenvalue weighted by molar-refractivity contribution is 7.99. The third-order valence-corrected chi connectivity index (χ3v) is 11.2. The van der Waals surface area contributed by atoms with Gasteiger partial charge in [-0.2, -0.15) is 0 Å². The quantitative estimate of drug-likeness (QED) is 0.471. The molecule has 6 rings (SSSR count). The number of anilines is 2. The van der Waals surface area contributed by atoms with Crippen LogP contribution in [-0.4, -0.2) is 28.2 Å². The van der Waals surface area contributed by atoms with Crippen LogP contribution in [0.3, 0.4) is 0 Å². The summed E-state index contributed by atoms with van der Waals surface area (Å²) < 4.78 is 16.5. The Bertz CT molecular complexity index is 1130. The zero-order valence-corrected chi connectivity index (χ0v) is 21.6. The van der Waals surface area contributed by atoms with Gasteiger partial charge in [0.2, 0.25) is 0 Å². The van der Waals surface area contributed by atoms with Gasteiger partial charge in [0.05, 0.1) is 10.8 Å². The van der Waals surface area contributed by atoms with Crippen molar-refractivity contribution in [1.82, 2.24) is 0 Å². The lowest BCUT2D eigenvalue weighted by Crippen LogP contribution is -2.40. The smallest absolute Gasteiger partial charge is 0.258 e. The standard InChI is InChI=1S/C28H34N2O2S2/c1-33-29-21-9-10-25-24(18-21)28(15-13-27(11-12-27)14-16-28)19-30(25)26(31)20-5-4-8-23(17-20)34(32)22-6-2-3-7-22/h4-5,8-10,17-18,22,29H,2-3,6-7,11-16,19H2,1H3. The van der Waals surface area contributed by atoms with Crippen molar-refractivity contribution in [2.45, 2.75) is 79.8 Å². The molecule has 1 N–H and O–H groups in total. The van der Waals surface area contributed by atoms with Gasteiger partial charge in [0.15, 0.2) is 0 Å². The number of amides is 1. The minimum Gasteiger partial charge on any atom is -0.330 e. The third-order valence-electron chi connectivity index (χ3n) is 8.93. The SMILES string of the molecule is CSNc1ccc2c(c1)C1(CCC3(CC3)CC1)CN2C(=O)c1cccc(S(=O)C2CCCC2)c1. The monoisotopic (exact) mass is 494 g/mol. The molecule has 1 atom stereocenters. The molecule has 6 heteroatoms. The van der Waals surface area contributed by atoms with Crippen LogP contribution in [0.5, 0.6) is 0 Å². The average molecular weight is 495 g/mol. The van der Waals surface area contributed by atoms with E-state index in [-0.39, 0.29) is 16.6 Å². The van der Waals surface area contributed by atoms with Crippen molar-refractivity contribution in [1.29, 1.82) is 0 Å². The van der Waals surface area contributed by atoms with Gasteiger partial charge in [-0.05, 0) is 98.7 Å². The molecule has 1 aliphatic heterocycles. The number of hydrogen-bond acceptors (Lipinski definition) is 4.